The summed E-state index contributed by atoms with van der Waals surface area (Å²) < 4.78 is 14.0. The van der Waals surface area contributed by atoms with E-state index in [9.17, 15) is 4.79 Å². The van der Waals surface area contributed by atoms with Crippen LogP contribution >= 0.6 is 11.3 Å². The van der Waals surface area contributed by atoms with E-state index >= 15 is 0 Å². The summed E-state index contributed by atoms with van der Waals surface area (Å²) in [5.74, 6) is 1.25. The monoisotopic (exact) mass is 457 g/mol. The Kier molecular flexibility index (Phi) is 6.03. The number of pyridine rings is 1. The SMILES string of the molecule is Cc1cnc(Nc2cc3c(ccn3C(C)C)c(O[C@H]3CCN(C(=O)OC(C)(C)C)C3)n2)s1. The molecule has 1 fully saturated rings. The van der Waals surface area contributed by atoms with Crippen molar-refractivity contribution >= 4 is 39.3 Å². The molecule has 0 aliphatic carbocycles. The molecule has 1 amide bonds. The lowest BCUT2D eigenvalue weighted by Gasteiger charge is -2.24. The van der Waals surface area contributed by atoms with Gasteiger partial charge >= 0.3 is 6.09 Å². The maximum Gasteiger partial charge on any atom is 0.410 e. The second-order valence-electron chi connectivity index (χ2n) is 9.42. The van der Waals surface area contributed by atoms with Crippen molar-refractivity contribution in [3.8, 4) is 5.88 Å². The van der Waals surface area contributed by atoms with Gasteiger partial charge in [-0.3, -0.25) is 0 Å². The molecule has 0 saturated carbocycles. The third-order valence-electron chi connectivity index (χ3n) is 5.17. The number of hydrogen-bond acceptors (Lipinski definition) is 7. The van der Waals surface area contributed by atoms with E-state index < -0.39 is 5.60 Å². The Balaban J connectivity index is 1.58. The minimum absolute atomic E-state index is 0.141. The lowest BCUT2D eigenvalue weighted by atomic mass is 10.2. The number of aryl methyl sites for hydroxylation is 1. The highest BCUT2D eigenvalue weighted by Gasteiger charge is 2.31. The van der Waals surface area contributed by atoms with E-state index in [0.717, 1.165) is 27.3 Å². The summed E-state index contributed by atoms with van der Waals surface area (Å²) in [5, 5.41) is 5.05. The minimum atomic E-state index is -0.516. The third-order valence-corrected chi connectivity index (χ3v) is 6.00. The molecule has 3 aromatic rings. The summed E-state index contributed by atoms with van der Waals surface area (Å²) in [5.41, 5.74) is 0.528. The van der Waals surface area contributed by atoms with Gasteiger partial charge in [0.25, 0.3) is 0 Å². The molecule has 1 aliphatic heterocycles. The Hall–Kier alpha value is -2.81. The van der Waals surface area contributed by atoms with Crippen LogP contribution in [0.3, 0.4) is 0 Å². The van der Waals surface area contributed by atoms with Gasteiger partial charge in [-0.05, 0) is 47.6 Å². The van der Waals surface area contributed by atoms with E-state index in [0.29, 0.717) is 30.8 Å². The number of anilines is 2. The van der Waals surface area contributed by atoms with Crippen LogP contribution in [0, 0.1) is 6.92 Å². The zero-order valence-electron chi connectivity index (χ0n) is 19.5. The van der Waals surface area contributed by atoms with Crippen LogP contribution in [0.5, 0.6) is 5.88 Å². The molecule has 0 bridgehead atoms. The average Bonchev–Trinajstić information content (AvgIpc) is 3.40. The van der Waals surface area contributed by atoms with Crippen LogP contribution in [0.25, 0.3) is 10.9 Å². The number of nitrogens with zero attached hydrogens (tertiary/aromatic N) is 4. The van der Waals surface area contributed by atoms with Crippen molar-refractivity contribution in [2.24, 2.45) is 0 Å². The van der Waals surface area contributed by atoms with E-state index in [-0.39, 0.29) is 12.2 Å². The number of ether oxygens (including phenoxy) is 2. The van der Waals surface area contributed by atoms with Crippen LogP contribution in [0.2, 0.25) is 0 Å². The Morgan fingerprint density at radius 3 is 2.78 bits per heavy atom. The van der Waals surface area contributed by atoms with Gasteiger partial charge in [-0.25, -0.2) is 9.78 Å². The van der Waals surface area contributed by atoms with Crippen LogP contribution in [0.15, 0.2) is 24.5 Å². The first-order chi connectivity index (χ1) is 15.1. The number of carbonyl (C=O) groups is 1. The largest absolute Gasteiger partial charge is 0.472 e. The number of nitrogens with one attached hydrogen (secondary N) is 1. The topological polar surface area (TPSA) is 81.5 Å². The molecular formula is C23H31N5O3S. The second kappa shape index (κ2) is 8.61. The smallest absolute Gasteiger partial charge is 0.410 e. The zero-order valence-corrected chi connectivity index (χ0v) is 20.3. The first kappa shape index (κ1) is 22.4. The summed E-state index contributed by atoms with van der Waals surface area (Å²) in [4.78, 5) is 24.4. The van der Waals surface area contributed by atoms with Gasteiger partial charge in [0.2, 0.25) is 5.88 Å². The number of likely N-dealkylation sites (tertiary alicyclic amines) is 1. The van der Waals surface area contributed by atoms with Gasteiger partial charge in [-0.15, -0.1) is 11.3 Å². The highest BCUT2D eigenvalue weighted by atomic mass is 32.1. The Morgan fingerprint density at radius 2 is 2.12 bits per heavy atom. The van der Waals surface area contributed by atoms with Crippen molar-refractivity contribution in [1.29, 1.82) is 0 Å². The predicted molar refractivity (Wildman–Crippen MR) is 127 cm³/mol. The molecule has 1 saturated heterocycles. The molecule has 172 valence electrons. The highest BCUT2D eigenvalue weighted by molar-refractivity contribution is 7.15. The number of carbonyl (C=O) groups excluding carboxylic acids is 1. The third kappa shape index (κ3) is 4.98. The number of amides is 1. The van der Waals surface area contributed by atoms with Gasteiger partial charge in [0.05, 0.1) is 17.4 Å². The summed E-state index contributed by atoms with van der Waals surface area (Å²) in [7, 11) is 0. The molecule has 0 radical (unpaired) electrons. The molecule has 0 unspecified atom stereocenters. The van der Waals surface area contributed by atoms with Crippen molar-refractivity contribution in [2.75, 3.05) is 18.4 Å². The Labute approximate surface area is 192 Å². The number of hydrogen-bond donors (Lipinski definition) is 1. The highest BCUT2D eigenvalue weighted by Crippen LogP contribution is 2.33. The zero-order chi connectivity index (χ0) is 23.0. The van der Waals surface area contributed by atoms with Crippen LogP contribution in [0.1, 0.15) is 52.0 Å². The molecule has 0 spiro atoms. The normalized spacial score (nSPS) is 16.7. The van der Waals surface area contributed by atoms with Crippen LogP contribution in [-0.2, 0) is 4.74 Å². The fraction of sp³-hybridized carbons (Fsp3) is 0.522. The Morgan fingerprint density at radius 1 is 1.34 bits per heavy atom. The van der Waals surface area contributed by atoms with Gasteiger partial charge in [-0.2, -0.15) is 4.98 Å². The minimum Gasteiger partial charge on any atom is -0.472 e. The Bertz CT molecular complexity index is 1110. The van der Waals surface area contributed by atoms with E-state index in [1.807, 2.05) is 46.0 Å². The van der Waals surface area contributed by atoms with Crippen LogP contribution in [-0.4, -0.2) is 50.3 Å². The summed E-state index contributed by atoms with van der Waals surface area (Å²) in [6, 6.07) is 4.36. The number of rotatable bonds is 5. The van der Waals surface area contributed by atoms with Crippen molar-refractivity contribution < 1.29 is 14.3 Å². The number of fused-ring (bicyclic) bond motifs is 1. The molecule has 3 aromatic heterocycles. The molecule has 9 heteroatoms. The van der Waals surface area contributed by atoms with E-state index in [4.69, 9.17) is 14.5 Å². The molecular weight excluding hydrogens is 426 g/mol. The molecule has 1 aliphatic rings. The van der Waals surface area contributed by atoms with Crippen LogP contribution < -0.4 is 10.1 Å². The fourth-order valence-electron chi connectivity index (χ4n) is 3.72. The lowest BCUT2D eigenvalue weighted by Crippen LogP contribution is -2.36. The van der Waals surface area contributed by atoms with Gasteiger partial charge in [0.1, 0.15) is 17.5 Å². The predicted octanol–water partition coefficient (Wildman–Crippen LogP) is 5.51. The average molecular weight is 458 g/mol. The van der Waals surface area contributed by atoms with Crippen molar-refractivity contribution in [3.63, 3.8) is 0 Å². The number of aromatic nitrogens is 3. The maximum atomic E-state index is 12.4. The second-order valence-corrected chi connectivity index (χ2v) is 10.7. The quantitative estimate of drug-likeness (QED) is 0.544. The van der Waals surface area contributed by atoms with Crippen LogP contribution in [0.4, 0.5) is 15.7 Å². The summed E-state index contributed by atoms with van der Waals surface area (Å²) >= 11 is 1.58. The van der Waals surface area contributed by atoms with Gasteiger partial charge in [0.15, 0.2) is 5.13 Å². The maximum absolute atomic E-state index is 12.4. The summed E-state index contributed by atoms with van der Waals surface area (Å²) in [6.07, 6.45) is 4.18. The number of thiazole rings is 1. The first-order valence-corrected chi connectivity index (χ1v) is 11.8. The molecule has 1 atom stereocenters. The van der Waals surface area contributed by atoms with E-state index in [1.54, 1.807) is 16.2 Å². The van der Waals surface area contributed by atoms with E-state index in [2.05, 4.69) is 34.9 Å². The van der Waals surface area contributed by atoms with Gasteiger partial charge < -0.3 is 24.3 Å². The molecule has 32 heavy (non-hydrogen) atoms. The van der Waals surface area contributed by atoms with Crippen molar-refractivity contribution in [2.45, 2.75) is 65.7 Å². The van der Waals surface area contributed by atoms with Gasteiger partial charge in [-0.1, -0.05) is 0 Å². The molecule has 1 N–H and O–H groups in total. The fourth-order valence-corrected chi connectivity index (χ4v) is 4.40. The lowest BCUT2D eigenvalue weighted by molar-refractivity contribution is 0.0275. The molecule has 8 nitrogen and oxygen atoms in total. The molecule has 4 heterocycles. The summed E-state index contributed by atoms with van der Waals surface area (Å²) in [6.45, 7) is 13.0. The standard InChI is InChI=1S/C23H31N5O3S/c1-14(2)28-10-8-17-18(28)11-19(26-21-24-12-15(3)32-21)25-20(17)30-16-7-9-27(13-16)22(29)31-23(4,5)6/h8,10-12,14,16H,7,9,13H2,1-6H3,(H,24,25,26)/t16-/m0/s1. The molecule has 4 rings (SSSR count). The van der Waals surface area contributed by atoms with Gasteiger partial charge in [0, 0.05) is 42.3 Å². The van der Waals surface area contributed by atoms with E-state index in [1.165, 1.54) is 0 Å². The van der Waals surface area contributed by atoms with Crippen molar-refractivity contribution in [3.05, 3.63) is 29.4 Å². The van der Waals surface area contributed by atoms with Crippen molar-refractivity contribution in [1.82, 2.24) is 19.4 Å². The first-order valence-electron chi connectivity index (χ1n) is 10.9. The molecule has 0 aromatic carbocycles.